The van der Waals surface area contributed by atoms with Crippen LogP contribution in [0.15, 0.2) is 30.3 Å². The largest absolute Gasteiger partial charge is 0.394 e. The van der Waals surface area contributed by atoms with Gasteiger partial charge in [-0.15, -0.1) is 0 Å². The van der Waals surface area contributed by atoms with Crippen molar-refractivity contribution in [3.63, 3.8) is 0 Å². The van der Waals surface area contributed by atoms with Gasteiger partial charge in [0.1, 0.15) is 0 Å². The summed E-state index contributed by atoms with van der Waals surface area (Å²) in [5, 5.41) is 18.2. The third-order valence-electron chi connectivity index (χ3n) is 6.34. The minimum Gasteiger partial charge on any atom is -0.311 e. The first-order valence-electron chi connectivity index (χ1n) is 10.3. The van der Waals surface area contributed by atoms with Crippen LogP contribution in [0.4, 0.5) is 0 Å². The van der Waals surface area contributed by atoms with Crippen LogP contribution in [0.1, 0.15) is 37.2 Å². The zero-order valence-corrected chi connectivity index (χ0v) is 19.2. The molecule has 3 aliphatic rings. The monoisotopic (exact) mass is 487 g/mol. The van der Waals surface area contributed by atoms with E-state index in [1.165, 1.54) is 16.3 Å². The maximum atomic E-state index is 11.5. The topological polar surface area (TPSA) is 177 Å². The fraction of sp³-hybridized carbons (Fsp3) is 0.632. The molecular weight excluding hydrogens is 458 g/mol. The molecule has 2 aliphatic heterocycles. The standard InChI is InChI=1S/C19H27N5O2S.H2O4S/c20-9-8-19(13-24(14-19)27(21,25)26)23-10-6-16(7-11-23)22-18-12-17(18)15-4-2-1-3-5-15;1-5(2,3)4/h1-5,16-18,22H,6-8,10-14H2,(H2,21,25,26);(H2,1,2,3,4)/t17-,18+;/m0./s1. The Bertz CT molecular complexity index is 1020. The molecule has 3 fully saturated rings. The number of nitriles is 1. The van der Waals surface area contributed by atoms with Crippen LogP contribution in [0.5, 0.6) is 0 Å². The second-order valence-electron chi connectivity index (χ2n) is 8.61. The Morgan fingerprint density at radius 3 is 2.19 bits per heavy atom. The number of benzene rings is 1. The Morgan fingerprint density at radius 1 is 1.12 bits per heavy atom. The maximum Gasteiger partial charge on any atom is 0.394 e. The summed E-state index contributed by atoms with van der Waals surface area (Å²) in [6, 6.07) is 14.0. The quantitative estimate of drug-likeness (QED) is 0.406. The van der Waals surface area contributed by atoms with E-state index in [0.717, 1.165) is 25.9 Å². The van der Waals surface area contributed by atoms with Gasteiger partial charge >= 0.3 is 10.4 Å². The van der Waals surface area contributed by atoms with E-state index < -0.39 is 20.6 Å². The lowest BCUT2D eigenvalue weighted by Gasteiger charge is -2.55. The molecule has 0 amide bonds. The van der Waals surface area contributed by atoms with Gasteiger partial charge in [0.2, 0.25) is 0 Å². The van der Waals surface area contributed by atoms with Crippen LogP contribution in [0.25, 0.3) is 0 Å². The zero-order valence-electron chi connectivity index (χ0n) is 17.5. The van der Waals surface area contributed by atoms with Crippen LogP contribution >= 0.6 is 0 Å². The Balaban J connectivity index is 0.000000523. The van der Waals surface area contributed by atoms with Gasteiger partial charge in [-0.1, -0.05) is 30.3 Å². The molecule has 0 spiro atoms. The molecule has 1 saturated carbocycles. The molecule has 2 atom stereocenters. The summed E-state index contributed by atoms with van der Waals surface area (Å²) < 4.78 is 55.9. The molecule has 178 valence electrons. The highest BCUT2D eigenvalue weighted by Gasteiger charge is 2.51. The first kappa shape index (κ1) is 25.0. The fourth-order valence-electron chi connectivity index (χ4n) is 4.63. The van der Waals surface area contributed by atoms with Crippen LogP contribution in [0, 0.1) is 11.3 Å². The van der Waals surface area contributed by atoms with Crippen LogP contribution in [0.2, 0.25) is 0 Å². The van der Waals surface area contributed by atoms with Gasteiger partial charge in [-0.05, 0) is 24.8 Å². The van der Waals surface area contributed by atoms with Crippen LogP contribution in [-0.2, 0) is 20.6 Å². The molecule has 11 nitrogen and oxygen atoms in total. The predicted molar refractivity (Wildman–Crippen MR) is 117 cm³/mol. The third-order valence-corrected chi connectivity index (χ3v) is 7.32. The van der Waals surface area contributed by atoms with Crippen molar-refractivity contribution < 1.29 is 25.9 Å². The van der Waals surface area contributed by atoms with E-state index in [-0.39, 0.29) is 5.54 Å². The lowest BCUT2D eigenvalue weighted by atomic mass is 9.84. The number of rotatable bonds is 6. The molecule has 0 bridgehead atoms. The maximum absolute atomic E-state index is 11.5. The van der Waals surface area contributed by atoms with Gasteiger partial charge in [-0.25, -0.2) is 5.14 Å². The van der Waals surface area contributed by atoms with E-state index in [9.17, 15) is 13.7 Å². The summed E-state index contributed by atoms with van der Waals surface area (Å²) in [4.78, 5) is 2.30. The van der Waals surface area contributed by atoms with E-state index in [1.54, 1.807) is 0 Å². The highest BCUT2D eigenvalue weighted by atomic mass is 32.3. The molecule has 5 N–H and O–H groups in total. The third kappa shape index (κ3) is 6.69. The van der Waals surface area contributed by atoms with Gasteiger partial charge in [0, 0.05) is 44.2 Å². The number of likely N-dealkylation sites (tertiary alicyclic amines) is 1. The average Bonchev–Trinajstić information content (AvgIpc) is 3.43. The van der Waals surface area contributed by atoms with Crippen molar-refractivity contribution in [2.45, 2.75) is 49.2 Å². The van der Waals surface area contributed by atoms with Crippen LogP contribution in [0.3, 0.4) is 0 Å². The molecule has 1 aliphatic carbocycles. The highest BCUT2D eigenvalue weighted by molar-refractivity contribution is 7.86. The number of hydrogen-bond acceptors (Lipinski definition) is 7. The average molecular weight is 488 g/mol. The summed E-state index contributed by atoms with van der Waals surface area (Å²) in [6.07, 6.45) is 3.60. The van der Waals surface area contributed by atoms with Gasteiger partial charge in [-0.2, -0.15) is 26.4 Å². The van der Waals surface area contributed by atoms with E-state index in [4.69, 9.17) is 22.7 Å². The van der Waals surface area contributed by atoms with Gasteiger partial charge in [0.15, 0.2) is 0 Å². The second-order valence-corrected chi connectivity index (χ2v) is 11.0. The number of hydrogen-bond donors (Lipinski definition) is 4. The molecule has 0 unspecified atom stereocenters. The molecule has 2 saturated heterocycles. The molecule has 1 aromatic rings. The van der Waals surface area contributed by atoms with Crippen molar-refractivity contribution in [1.29, 1.82) is 5.26 Å². The van der Waals surface area contributed by atoms with Crippen molar-refractivity contribution in [2.24, 2.45) is 5.14 Å². The number of nitrogens with two attached hydrogens (primary N) is 1. The molecule has 13 heteroatoms. The normalized spacial score (nSPS) is 26.3. The summed E-state index contributed by atoms with van der Waals surface area (Å²) in [5.74, 6) is 0.629. The van der Waals surface area contributed by atoms with Crippen molar-refractivity contribution in [1.82, 2.24) is 14.5 Å². The lowest BCUT2D eigenvalue weighted by Crippen LogP contribution is -2.73. The van der Waals surface area contributed by atoms with Crippen molar-refractivity contribution in [3.05, 3.63) is 35.9 Å². The van der Waals surface area contributed by atoms with Crippen LogP contribution < -0.4 is 10.5 Å². The minimum atomic E-state index is -4.67. The van der Waals surface area contributed by atoms with Crippen molar-refractivity contribution >= 4 is 20.6 Å². The number of nitrogens with zero attached hydrogens (tertiary/aromatic N) is 3. The van der Waals surface area contributed by atoms with E-state index in [1.807, 2.05) is 0 Å². The highest BCUT2D eigenvalue weighted by Crippen LogP contribution is 2.41. The zero-order chi connectivity index (χ0) is 23.6. The van der Waals surface area contributed by atoms with E-state index in [0.29, 0.717) is 37.5 Å². The SMILES string of the molecule is N#CCC1(N2CCC(N[C@@H]3C[C@H]3c3ccccc3)CC2)CN(S(N)(=O)=O)C1.O=S(=O)(O)O. The number of piperidine rings is 1. The Morgan fingerprint density at radius 2 is 1.69 bits per heavy atom. The van der Waals surface area contributed by atoms with Gasteiger partial charge in [-0.3, -0.25) is 14.0 Å². The van der Waals surface area contributed by atoms with Crippen molar-refractivity contribution in [2.75, 3.05) is 26.2 Å². The summed E-state index contributed by atoms with van der Waals surface area (Å²) in [7, 11) is -8.33. The Hall–Kier alpha value is -1.63. The molecule has 32 heavy (non-hydrogen) atoms. The fourth-order valence-corrected chi connectivity index (χ4v) is 5.47. The summed E-state index contributed by atoms with van der Waals surface area (Å²) in [6.45, 7) is 2.44. The number of nitrogens with one attached hydrogen (secondary N) is 1. The lowest BCUT2D eigenvalue weighted by molar-refractivity contribution is -0.0255. The summed E-state index contributed by atoms with van der Waals surface area (Å²) >= 11 is 0. The van der Waals surface area contributed by atoms with Gasteiger partial charge in [0.25, 0.3) is 10.2 Å². The van der Waals surface area contributed by atoms with Gasteiger partial charge < -0.3 is 5.32 Å². The van der Waals surface area contributed by atoms with E-state index in [2.05, 4.69) is 46.6 Å². The van der Waals surface area contributed by atoms with Crippen LogP contribution in [-0.4, -0.2) is 78.9 Å². The Labute approximate surface area is 188 Å². The summed E-state index contributed by atoms with van der Waals surface area (Å²) in [5.41, 5.74) is 1.05. The predicted octanol–water partition coefficient (Wildman–Crippen LogP) is 0.115. The first-order valence-corrected chi connectivity index (χ1v) is 13.2. The molecule has 0 aromatic heterocycles. The first-order chi connectivity index (χ1) is 14.9. The molecule has 1 aromatic carbocycles. The smallest absolute Gasteiger partial charge is 0.311 e. The Kier molecular flexibility index (Phi) is 7.58. The molecular formula is C19H29N5O6S2. The minimum absolute atomic E-state index is 0.330. The van der Waals surface area contributed by atoms with Gasteiger partial charge in [0.05, 0.1) is 18.0 Å². The van der Waals surface area contributed by atoms with Crippen molar-refractivity contribution in [3.8, 4) is 6.07 Å². The molecule has 0 radical (unpaired) electrons. The second kappa shape index (κ2) is 9.70. The molecule has 4 rings (SSSR count). The molecule has 2 heterocycles. The van der Waals surface area contributed by atoms with E-state index >= 15 is 0 Å².